The maximum atomic E-state index is 5.54. The molecule has 164 valence electrons. The molecule has 7 nitrogen and oxygen atoms in total. The first-order valence-electron chi connectivity index (χ1n) is 10.0. The standard InChI is InChI=1S/C22H31N5O2.HI/c1-17-5-4-6-19(26-17)15-24-22(23-2)25-16-21(27-11-13-29-14-12-27)18-7-9-20(28-3)10-8-18;/h4-10,21H,11-16H2,1-3H3,(H2,23,24,25);1H. The molecule has 1 aromatic carbocycles. The lowest BCUT2D eigenvalue weighted by atomic mass is 10.0. The van der Waals surface area contributed by atoms with Gasteiger partial charge in [0.1, 0.15) is 5.75 Å². The van der Waals surface area contributed by atoms with Crippen molar-refractivity contribution in [2.75, 3.05) is 47.0 Å². The lowest BCUT2D eigenvalue weighted by Crippen LogP contribution is -2.46. The number of morpholine rings is 1. The van der Waals surface area contributed by atoms with Crippen molar-refractivity contribution in [1.82, 2.24) is 20.5 Å². The third kappa shape index (κ3) is 7.10. The molecule has 8 heteroatoms. The number of aliphatic imine (C=N–C) groups is 1. The average Bonchev–Trinajstić information content (AvgIpc) is 2.77. The van der Waals surface area contributed by atoms with Gasteiger partial charge in [-0.25, -0.2) is 0 Å². The first-order valence-corrected chi connectivity index (χ1v) is 10.0. The zero-order valence-electron chi connectivity index (χ0n) is 17.9. The maximum absolute atomic E-state index is 5.54. The van der Waals surface area contributed by atoms with Crippen LogP contribution in [-0.2, 0) is 11.3 Å². The zero-order chi connectivity index (χ0) is 20.5. The highest BCUT2D eigenvalue weighted by molar-refractivity contribution is 14.0. The van der Waals surface area contributed by atoms with Crippen molar-refractivity contribution in [2.24, 2.45) is 4.99 Å². The summed E-state index contributed by atoms with van der Waals surface area (Å²) in [5, 5.41) is 6.83. The molecular weight excluding hydrogens is 493 g/mol. The minimum atomic E-state index is 0. The normalized spacial score (nSPS) is 15.8. The third-order valence-corrected chi connectivity index (χ3v) is 5.06. The summed E-state index contributed by atoms with van der Waals surface area (Å²) in [6.07, 6.45) is 0. The van der Waals surface area contributed by atoms with Gasteiger partial charge in [0.15, 0.2) is 5.96 Å². The molecule has 1 aliphatic heterocycles. The molecule has 0 radical (unpaired) electrons. The van der Waals surface area contributed by atoms with E-state index in [4.69, 9.17) is 9.47 Å². The highest BCUT2D eigenvalue weighted by atomic mass is 127. The second-order valence-corrected chi connectivity index (χ2v) is 7.01. The average molecular weight is 525 g/mol. The molecule has 0 amide bonds. The molecule has 1 unspecified atom stereocenters. The Labute approximate surface area is 196 Å². The number of nitrogens with one attached hydrogen (secondary N) is 2. The van der Waals surface area contributed by atoms with E-state index in [1.165, 1.54) is 5.56 Å². The van der Waals surface area contributed by atoms with Gasteiger partial charge in [-0.2, -0.15) is 0 Å². The Balaban J connectivity index is 0.00000320. The Morgan fingerprint density at radius 1 is 1.17 bits per heavy atom. The van der Waals surface area contributed by atoms with Crippen molar-refractivity contribution in [3.8, 4) is 5.75 Å². The smallest absolute Gasteiger partial charge is 0.191 e. The molecule has 2 N–H and O–H groups in total. The van der Waals surface area contributed by atoms with Crippen LogP contribution in [0.25, 0.3) is 0 Å². The van der Waals surface area contributed by atoms with Crippen LogP contribution in [0.4, 0.5) is 0 Å². The van der Waals surface area contributed by atoms with Gasteiger partial charge in [0.25, 0.3) is 0 Å². The van der Waals surface area contributed by atoms with Crippen molar-refractivity contribution in [1.29, 1.82) is 0 Å². The Kier molecular flexibility index (Phi) is 10.3. The summed E-state index contributed by atoms with van der Waals surface area (Å²) >= 11 is 0. The predicted molar refractivity (Wildman–Crippen MR) is 131 cm³/mol. The predicted octanol–water partition coefficient (Wildman–Crippen LogP) is 2.76. The summed E-state index contributed by atoms with van der Waals surface area (Å²) in [6.45, 7) is 6.73. The quantitative estimate of drug-likeness (QED) is 0.329. The fraction of sp³-hybridized carbons (Fsp3) is 0.455. The van der Waals surface area contributed by atoms with Gasteiger partial charge < -0.3 is 20.1 Å². The van der Waals surface area contributed by atoms with Crippen LogP contribution in [0.5, 0.6) is 5.75 Å². The number of hydrogen-bond acceptors (Lipinski definition) is 5. The number of hydrogen-bond donors (Lipinski definition) is 2. The Hall–Kier alpha value is -1.91. The van der Waals surface area contributed by atoms with Gasteiger partial charge in [-0.05, 0) is 36.8 Å². The van der Waals surface area contributed by atoms with E-state index in [9.17, 15) is 0 Å². The van der Waals surface area contributed by atoms with E-state index >= 15 is 0 Å². The van der Waals surface area contributed by atoms with Crippen molar-refractivity contribution >= 4 is 29.9 Å². The van der Waals surface area contributed by atoms with Gasteiger partial charge in [-0.3, -0.25) is 14.9 Å². The van der Waals surface area contributed by atoms with Crippen LogP contribution in [0, 0.1) is 6.92 Å². The number of aromatic nitrogens is 1. The van der Waals surface area contributed by atoms with Crippen LogP contribution in [0.15, 0.2) is 47.5 Å². The van der Waals surface area contributed by atoms with Gasteiger partial charge >= 0.3 is 0 Å². The van der Waals surface area contributed by atoms with E-state index in [2.05, 4.69) is 37.6 Å². The number of nitrogens with zero attached hydrogens (tertiary/aromatic N) is 3. The second kappa shape index (κ2) is 12.7. The van der Waals surface area contributed by atoms with Crippen LogP contribution >= 0.6 is 24.0 Å². The summed E-state index contributed by atoms with van der Waals surface area (Å²) in [5.74, 6) is 1.63. The minimum absolute atomic E-state index is 0. The zero-order valence-corrected chi connectivity index (χ0v) is 20.3. The van der Waals surface area contributed by atoms with Gasteiger partial charge in [-0.1, -0.05) is 18.2 Å². The molecule has 0 bridgehead atoms. The van der Waals surface area contributed by atoms with E-state index in [0.717, 1.165) is 55.9 Å². The lowest BCUT2D eigenvalue weighted by molar-refractivity contribution is 0.0170. The number of guanidine groups is 1. The Morgan fingerprint density at radius 3 is 2.53 bits per heavy atom. The molecule has 30 heavy (non-hydrogen) atoms. The lowest BCUT2D eigenvalue weighted by Gasteiger charge is -2.35. The van der Waals surface area contributed by atoms with Crippen molar-refractivity contribution < 1.29 is 9.47 Å². The maximum Gasteiger partial charge on any atom is 0.191 e. The van der Waals surface area contributed by atoms with Crippen molar-refractivity contribution in [2.45, 2.75) is 19.5 Å². The van der Waals surface area contributed by atoms with Crippen LogP contribution < -0.4 is 15.4 Å². The molecule has 2 aromatic rings. The van der Waals surface area contributed by atoms with E-state index in [1.807, 2.05) is 37.3 Å². The molecule has 0 saturated carbocycles. The highest BCUT2D eigenvalue weighted by Crippen LogP contribution is 2.23. The van der Waals surface area contributed by atoms with Gasteiger partial charge in [-0.15, -0.1) is 24.0 Å². The van der Waals surface area contributed by atoms with Crippen LogP contribution in [0.1, 0.15) is 23.0 Å². The fourth-order valence-corrected chi connectivity index (χ4v) is 3.46. The number of ether oxygens (including phenoxy) is 2. The van der Waals surface area contributed by atoms with Crippen LogP contribution in [0.3, 0.4) is 0 Å². The number of methoxy groups -OCH3 is 1. The largest absolute Gasteiger partial charge is 0.497 e. The fourth-order valence-electron chi connectivity index (χ4n) is 3.46. The number of benzene rings is 1. The van der Waals surface area contributed by atoms with E-state index in [1.54, 1.807) is 14.2 Å². The number of aryl methyl sites for hydroxylation is 1. The second-order valence-electron chi connectivity index (χ2n) is 7.01. The highest BCUT2D eigenvalue weighted by Gasteiger charge is 2.23. The number of pyridine rings is 1. The first-order chi connectivity index (χ1) is 14.2. The summed E-state index contributed by atoms with van der Waals surface area (Å²) in [4.78, 5) is 11.4. The van der Waals surface area contributed by atoms with Gasteiger partial charge in [0.05, 0.1) is 38.6 Å². The number of halogens is 1. The van der Waals surface area contributed by atoms with Crippen LogP contribution in [0.2, 0.25) is 0 Å². The van der Waals surface area contributed by atoms with Gasteiger partial charge in [0.2, 0.25) is 0 Å². The van der Waals surface area contributed by atoms with E-state index < -0.39 is 0 Å². The third-order valence-electron chi connectivity index (χ3n) is 5.06. The minimum Gasteiger partial charge on any atom is -0.497 e. The number of rotatable bonds is 7. The molecule has 1 aromatic heterocycles. The van der Waals surface area contributed by atoms with E-state index in [-0.39, 0.29) is 30.0 Å². The topological polar surface area (TPSA) is 71.0 Å². The Bertz CT molecular complexity index is 794. The molecule has 1 saturated heterocycles. The monoisotopic (exact) mass is 525 g/mol. The molecule has 0 spiro atoms. The molecule has 1 atom stereocenters. The Morgan fingerprint density at radius 2 is 1.90 bits per heavy atom. The summed E-state index contributed by atoms with van der Waals surface area (Å²) in [7, 11) is 3.48. The molecule has 1 fully saturated rings. The molecule has 0 aliphatic carbocycles. The SMILES string of the molecule is CN=C(NCc1cccc(C)n1)NCC(c1ccc(OC)cc1)N1CCOCC1.I. The summed E-state index contributed by atoms with van der Waals surface area (Å²) in [6, 6.07) is 14.5. The van der Waals surface area contributed by atoms with Crippen molar-refractivity contribution in [3.63, 3.8) is 0 Å². The first kappa shape index (κ1) is 24.4. The molecule has 1 aliphatic rings. The molecule has 2 heterocycles. The summed E-state index contributed by atoms with van der Waals surface area (Å²) in [5.41, 5.74) is 3.25. The molecular formula is C22H32IN5O2. The van der Waals surface area contributed by atoms with Gasteiger partial charge in [0, 0.05) is 32.4 Å². The summed E-state index contributed by atoms with van der Waals surface area (Å²) < 4.78 is 10.8. The van der Waals surface area contributed by atoms with Crippen LogP contribution in [-0.4, -0.2) is 62.8 Å². The van der Waals surface area contributed by atoms with E-state index in [0.29, 0.717) is 6.54 Å². The molecule has 3 rings (SSSR count). The van der Waals surface area contributed by atoms with Crippen molar-refractivity contribution in [3.05, 3.63) is 59.4 Å².